The van der Waals surface area contributed by atoms with E-state index in [0.29, 0.717) is 11.1 Å². The van der Waals surface area contributed by atoms with Crippen LogP contribution in [0.25, 0.3) is 0 Å². The highest BCUT2D eigenvalue weighted by Gasteiger charge is 2.20. The van der Waals surface area contributed by atoms with Crippen LogP contribution in [0.4, 0.5) is 0 Å². The molecule has 3 rings (SSSR count). The lowest BCUT2D eigenvalue weighted by molar-refractivity contribution is 0.0681. The molecule has 0 fully saturated rings. The summed E-state index contributed by atoms with van der Waals surface area (Å²) in [6.45, 7) is 5.93. The van der Waals surface area contributed by atoms with E-state index in [1.54, 1.807) is 54.6 Å². The first-order valence-corrected chi connectivity index (χ1v) is 9.14. The molecule has 0 aromatic heterocycles. The Hall–Kier alpha value is -3.40. The van der Waals surface area contributed by atoms with E-state index < -0.39 is 11.9 Å². The van der Waals surface area contributed by atoms with Crippen molar-refractivity contribution in [1.29, 1.82) is 0 Å². The van der Waals surface area contributed by atoms with Crippen molar-refractivity contribution in [3.63, 3.8) is 0 Å². The van der Waals surface area contributed by atoms with Gasteiger partial charge in [0, 0.05) is 0 Å². The van der Waals surface area contributed by atoms with Crippen molar-refractivity contribution in [2.24, 2.45) is 0 Å². The topological polar surface area (TPSA) is 52.6 Å². The Balaban J connectivity index is 1.96. The summed E-state index contributed by atoms with van der Waals surface area (Å²) in [5.74, 6) is -0.285. The van der Waals surface area contributed by atoms with Gasteiger partial charge in [-0.2, -0.15) is 0 Å². The molecule has 0 radical (unpaired) electrons. The summed E-state index contributed by atoms with van der Waals surface area (Å²) < 4.78 is 11.2. The van der Waals surface area contributed by atoms with Crippen LogP contribution in [0.1, 0.15) is 51.6 Å². The van der Waals surface area contributed by atoms with Gasteiger partial charge in [0.05, 0.1) is 11.1 Å². The third-order valence-corrected chi connectivity index (χ3v) is 4.35. The molecule has 142 valence electrons. The maximum atomic E-state index is 12.6. The molecule has 0 heterocycles. The average Bonchev–Trinajstić information content (AvgIpc) is 2.71. The smallest absolute Gasteiger partial charge is 0.343 e. The fraction of sp³-hybridized carbons (Fsp3) is 0.167. The maximum Gasteiger partial charge on any atom is 0.343 e. The number of carbonyl (C=O) groups excluding carboxylic acids is 2. The Morgan fingerprint density at radius 3 is 1.75 bits per heavy atom. The van der Waals surface area contributed by atoms with Crippen molar-refractivity contribution in [1.82, 2.24) is 0 Å². The van der Waals surface area contributed by atoms with E-state index in [0.717, 1.165) is 11.1 Å². The van der Waals surface area contributed by atoms with E-state index in [1.165, 1.54) is 0 Å². The molecular formula is C24H22O4. The summed E-state index contributed by atoms with van der Waals surface area (Å²) in [6, 6.07) is 21.1. The molecule has 0 saturated carbocycles. The van der Waals surface area contributed by atoms with Gasteiger partial charge in [-0.05, 0) is 54.3 Å². The van der Waals surface area contributed by atoms with Gasteiger partial charge in [0.1, 0.15) is 0 Å². The van der Waals surface area contributed by atoms with Gasteiger partial charge >= 0.3 is 11.9 Å². The van der Waals surface area contributed by atoms with Gasteiger partial charge in [-0.3, -0.25) is 0 Å². The highest BCUT2D eigenvalue weighted by Crippen LogP contribution is 2.36. The summed E-state index contributed by atoms with van der Waals surface area (Å²) in [5, 5.41) is 0. The van der Waals surface area contributed by atoms with Gasteiger partial charge in [-0.1, -0.05) is 56.3 Å². The summed E-state index contributed by atoms with van der Waals surface area (Å²) in [6.07, 6.45) is 0. The van der Waals surface area contributed by atoms with Crippen molar-refractivity contribution < 1.29 is 19.1 Å². The van der Waals surface area contributed by atoms with Crippen LogP contribution < -0.4 is 9.47 Å². The van der Waals surface area contributed by atoms with Crippen LogP contribution in [0.3, 0.4) is 0 Å². The molecule has 4 nitrogen and oxygen atoms in total. The number of ether oxygens (including phenoxy) is 2. The van der Waals surface area contributed by atoms with Crippen LogP contribution >= 0.6 is 0 Å². The quantitative estimate of drug-likeness (QED) is 0.433. The molecule has 0 atom stereocenters. The second-order valence-corrected chi connectivity index (χ2v) is 6.83. The zero-order valence-electron chi connectivity index (χ0n) is 16.1. The van der Waals surface area contributed by atoms with Crippen LogP contribution in [-0.4, -0.2) is 11.9 Å². The minimum absolute atomic E-state index is 0.228. The number of hydrogen-bond acceptors (Lipinski definition) is 4. The highest BCUT2D eigenvalue weighted by molar-refractivity contribution is 5.93. The first kappa shape index (κ1) is 19.4. The number of hydrogen-bond donors (Lipinski definition) is 0. The molecular weight excluding hydrogens is 352 g/mol. The van der Waals surface area contributed by atoms with Crippen molar-refractivity contribution >= 4 is 11.9 Å². The molecule has 3 aromatic carbocycles. The van der Waals surface area contributed by atoms with E-state index in [1.807, 2.05) is 39.0 Å². The predicted molar refractivity (Wildman–Crippen MR) is 108 cm³/mol. The van der Waals surface area contributed by atoms with Crippen LogP contribution in [0.2, 0.25) is 0 Å². The Bertz CT molecular complexity index is 976. The van der Waals surface area contributed by atoms with E-state index in [4.69, 9.17) is 9.47 Å². The Morgan fingerprint density at radius 2 is 1.25 bits per heavy atom. The van der Waals surface area contributed by atoms with Crippen LogP contribution in [0.5, 0.6) is 11.5 Å². The molecule has 0 aliphatic rings. The molecule has 4 heteroatoms. The van der Waals surface area contributed by atoms with Crippen LogP contribution in [-0.2, 0) is 0 Å². The molecule has 0 spiro atoms. The van der Waals surface area contributed by atoms with Crippen molar-refractivity contribution in [2.75, 3.05) is 0 Å². The summed E-state index contributed by atoms with van der Waals surface area (Å²) in [7, 11) is 0. The molecule has 0 N–H and O–H groups in total. The van der Waals surface area contributed by atoms with Gasteiger partial charge in [-0.15, -0.1) is 0 Å². The molecule has 0 amide bonds. The minimum Gasteiger partial charge on any atom is -0.419 e. The molecule has 0 saturated heterocycles. The zero-order chi connectivity index (χ0) is 20.1. The number of carbonyl (C=O) groups is 2. The number of aryl methyl sites for hydroxylation is 1. The molecule has 0 aliphatic heterocycles. The lowest BCUT2D eigenvalue weighted by Gasteiger charge is -2.16. The lowest BCUT2D eigenvalue weighted by atomic mass is 10.00. The first-order chi connectivity index (χ1) is 13.5. The maximum absolute atomic E-state index is 12.6. The largest absolute Gasteiger partial charge is 0.419 e. The van der Waals surface area contributed by atoms with Crippen molar-refractivity contribution in [2.45, 2.75) is 26.7 Å². The molecule has 3 aromatic rings. The van der Waals surface area contributed by atoms with Gasteiger partial charge < -0.3 is 9.47 Å². The van der Waals surface area contributed by atoms with E-state index in [2.05, 4.69) is 0 Å². The third kappa shape index (κ3) is 4.46. The third-order valence-electron chi connectivity index (χ3n) is 4.35. The average molecular weight is 374 g/mol. The highest BCUT2D eigenvalue weighted by atomic mass is 16.6. The Labute approximate surface area is 164 Å². The number of esters is 2. The Morgan fingerprint density at radius 1 is 0.750 bits per heavy atom. The standard InChI is InChI=1S/C24H22O4/c1-16(2)20-14-17(3)22(28-24(26)19-12-8-5-9-13-19)21(15-20)27-23(25)18-10-6-4-7-11-18/h4-16H,1-3H3. The van der Waals surface area contributed by atoms with Gasteiger partial charge in [0.25, 0.3) is 0 Å². The van der Waals surface area contributed by atoms with Gasteiger partial charge in [0.2, 0.25) is 0 Å². The summed E-state index contributed by atoms with van der Waals surface area (Å²) in [5.41, 5.74) is 2.57. The molecule has 0 aliphatic carbocycles. The van der Waals surface area contributed by atoms with E-state index >= 15 is 0 Å². The Kier molecular flexibility index (Phi) is 5.90. The van der Waals surface area contributed by atoms with Crippen molar-refractivity contribution in [3.05, 3.63) is 95.1 Å². The van der Waals surface area contributed by atoms with Crippen LogP contribution in [0.15, 0.2) is 72.8 Å². The minimum atomic E-state index is -0.502. The molecule has 0 bridgehead atoms. The number of rotatable bonds is 5. The first-order valence-electron chi connectivity index (χ1n) is 9.14. The molecule has 0 unspecified atom stereocenters. The SMILES string of the molecule is Cc1cc(C(C)C)cc(OC(=O)c2ccccc2)c1OC(=O)c1ccccc1. The monoisotopic (exact) mass is 374 g/mol. The fourth-order valence-corrected chi connectivity index (χ4v) is 2.77. The van der Waals surface area contributed by atoms with E-state index in [-0.39, 0.29) is 17.4 Å². The zero-order valence-corrected chi connectivity index (χ0v) is 16.1. The second-order valence-electron chi connectivity index (χ2n) is 6.83. The van der Waals surface area contributed by atoms with E-state index in [9.17, 15) is 9.59 Å². The fourth-order valence-electron chi connectivity index (χ4n) is 2.77. The van der Waals surface area contributed by atoms with Gasteiger partial charge in [-0.25, -0.2) is 9.59 Å². The predicted octanol–water partition coefficient (Wildman–Crippen LogP) is 5.56. The lowest BCUT2D eigenvalue weighted by Crippen LogP contribution is -2.14. The van der Waals surface area contributed by atoms with Gasteiger partial charge in [0.15, 0.2) is 11.5 Å². The number of benzene rings is 3. The van der Waals surface area contributed by atoms with Crippen LogP contribution in [0, 0.1) is 6.92 Å². The summed E-state index contributed by atoms with van der Waals surface area (Å²) >= 11 is 0. The molecule has 28 heavy (non-hydrogen) atoms. The normalized spacial score (nSPS) is 10.6. The second kappa shape index (κ2) is 8.53. The van der Waals surface area contributed by atoms with Crippen molar-refractivity contribution in [3.8, 4) is 11.5 Å². The summed E-state index contributed by atoms with van der Waals surface area (Å²) in [4.78, 5) is 25.1.